The number of carbonyl (C=O) groups is 1. The molecule has 0 aliphatic carbocycles. The molecule has 0 aliphatic heterocycles. The molecular formula is C20H18F2N2OS. The molecule has 6 heteroatoms. The van der Waals surface area contributed by atoms with Crippen molar-refractivity contribution in [2.75, 3.05) is 0 Å². The molecule has 1 unspecified atom stereocenters. The first kappa shape index (κ1) is 18.2. The minimum absolute atomic E-state index is 0.308. The molecule has 0 bridgehead atoms. The van der Waals surface area contributed by atoms with Crippen LogP contribution in [0.1, 0.15) is 39.5 Å². The minimum Gasteiger partial charge on any atom is -0.345 e. The number of benzene rings is 2. The third-order valence-corrected chi connectivity index (χ3v) is 5.43. The SMILES string of the molecule is Cc1ccc(-c2nc(C)c(C(C)NC(=O)c3cc(F)ccc3F)s2)cc1. The largest absolute Gasteiger partial charge is 0.345 e. The van der Waals surface area contributed by atoms with E-state index in [1.54, 1.807) is 6.92 Å². The van der Waals surface area contributed by atoms with Gasteiger partial charge in [0.15, 0.2) is 0 Å². The molecule has 0 saturated carbocycles. The van der Waals surface area contributed by atoms with Gasteiger partial charge in [-0.05, 0) is 39.0 Å². The van der Waals surface area contributed by atoms with E-state index in [1.807, 2.05) is 38.1 Å². The lowest BCUT2D eigenvalue weighted by molar-refractivity contribution is 0.0936. The van der Waals surface area contributed by atoms with Gasteiger partial charge in [-0.25, -0.2) is 13.8 Å². The van der Waals surface area contributed by atoms with Crippen LogP contribution in [0, 0.1) is 25.5 Å². The molecule has 3 aromatic rings. The van der Waals surface area contributed by atoms with Gasteiger partial charge in [-0.15, -0.1) is 11.3 Å². The number of hydrogen-bond donors (Lipinski definition) is 1. The number of nitrogens with zero attached hydrogens (tertiary/aromatic N) is 1. The van der Waals surface area contributed by atoms with Crippen molar-refractivity contribution >= 4 is 17.2 Å². The van der Waals surface area contributed by atoms with Crippen molar-refractivity contribution in [3.05, 3.63) is 75.8 Å². The highest BCUT2D eigenvalue weighted by molar-refractivity contribution is 7.15. The summed E-state index contributed by atoms with van der Waals surface area (Å²) in [6, 6.07) is 10.5. The zero-order valence-corrected chi connectivity index (χ0v) is 15.5. The number of hydrogen-bond acceptors (Lipinski definition) is 3. The van der Waals surface area contributed by atoms with Crippen LogP contribution in [0.2, 0.25) is 0 Å². The Morgan fingerprint density at radius 2 is 1.81 bits per heavy atom. The van der Waals surface area contributed by atoms with Crippen molar-refractivity contribution in [2.24, 2.45) is 0 Å². The Labute approximate surface area is 154 Å². The van der Waals surface area contributed by atoms with Gasteiger partial charge in [-0.1, -0.05) is 29.8 Å². The zero-order valence-electron chi connectivity index (χ0n) is 14.6. The van der Waals surface area contributed by atoms with E-state index in [4.69, 9.17) is 0 Å². The maximum atomic E-state index is 13.8. The summed E-state index contributed by atoms with van der Waals surface area (Å²) < 4.78 is 27.1. The second-order valence-electron chi connectivity index (χ2n) is 6.15. The Morgan fingerprint density at radius 1 is 1.12 bits per heavy atom. The third-order valence-electron chi connectivity index (χ3n) is 4.04. The summed E-state index contributed by atoms with van der Waals surface area (Å²) in [6.07, 6.45) is 0. The van der Waals surface area contributed by atoms with E-state index in [2.05, 4.69) is 10.3 Å². The molecule has 0 radical (unpaired) electrons. The predicted molar refractivity (Wildman–Crippen MR) is 99.3 cm³/mol. The first-order valence-electron chi connectivity index (χ1n) is 8.15. The molecule has 26 heavy (non-hydrogen) atoms. The van der Waals surface area contributed by atoms with Gasteiger partial charge in [0.25, 0.3) is 5.91 Å². The first-order valence-corrected chi connectivity index (χ1v) is 8.97. The molecular weight excluding hydrogens is 354 g/mol. The molecule has 0 aliphatic rings. The van der Waals surface area contributed by atoms with Crippen LogP contribution < -0.4 is 5.32 Å². The highest BCUT2D eigenvalue weighted by Crippen LogP contribution is 2.32. The fourth-order valence-electron chi connectivity index (χ4n) is 2.64. The summed E-state index contributed by atoms with van der Waals surface area (Å²) in [5, 5.41) is 3.58. The highest BCUT2D eigenvalue weighted by Gasteiger charge is 2.20. The molecule has 0 saturated heterocycles. The molecule has 0 fully saturated rings. The number of carbonyl (C=O) groups excluding carboxylic acids is 1. The van der Waals surface area contributed by atoms with Crippen molar-refractivity contribution in [1.82, 2.24) is 10.3 Å². The van der Waals surface area contributed by atoms with Gasteiger partial charge in [0, 0.05) is 5.56 Å². The van der Waals surface area contributed by atoms with Gasteiger partial charge in [0.1, 0.15) is 16.6 Å². The summed E-state index contributed by atoms with van der Waals surface area (Å²) in [5.41, 5.74) is 2.67. The summed E-state index contributed by atoms with van der Waals surface area (Å²) in [5.74, 6) is -2.06. The average molecular weight is 372 g/mol. The molecule has 1 amide bonds. The number of halogens is 2. The monoisotopic (exact) mass is 372 g/mol. The van der Waals surface area contributed by atoms with Gasteiger partial charge in [-0.2, -0.15) is 0 Å². The number of aryl methyl sites for hydroxylation is 2. The Morgan fingerprint density at radius 3 is 2.50 bits per heavy atom. The van der Waals surface area contributed by atoms with E-state index < -0.39 is 17.5 Å². The number of amides is 1. The number of nitrogens with one attached hydrogen (secondary N) is 1. The van der Waals surface area contributed by atoms with Crippen LogP contribution in [0.3, 0.4) is 0 Å². The van der Waals surface area contributed by atoms with E-state index >= 15 is 0 Å². The Bertz CT molecular complexity index is 951. The molecule has 1 N–H and O–H groups in total. The van der Waals surface area contributed by atoms with Crippen LogP contribution in [0.25, 0.3) is 10.6 Å². The fourth-order valence-corrected chi connectivity index (χ4v) is 3.71. The van der Waals surface area contributed by atoms with Gasteiger partial charge in [0.05, 0.1) is 22.2 Å². The quantitative estimate of drug-likeness (QED) is 0.684. The van der Waals surface area contributed by atoms with Gasteiger partial charge >= 0.3 is 0 Å². The van der Waals surface area contributed by atoms with Crippen molar-refractivity contribution in [3.63, 3.8) is 0 Å². The van der Waals surface area contributed by atoms with E-state index in [0.29, 0.717) is 0 Å². The smallest absolute Gasteiger partial charge is 0.254 e. The summed E-state index contributed by atoms with van der Waals surface area (Å²) >= 11 is 1.48. The molecule has 3 nitrogen and oxygen atoms in total. The number of thiazole rings is 1. The Hall–Kier alpha value is -2.60. The lowest BCUT2D eigenvalue weighted by Crippen LogP contribution is -2.27. The Balaban J connectivity index is 1.82. The molecule has 2 aromatic carbocycles. The van der Waals surface area contributed by atoms with Gasteiger partial charge < -0.3 is 5.32 Å². The fraction of sp³-hybridized carbons (Fsp3) is 0.200. The number of rotatable bonds is 4. The maximum absolute atomic E-state index is 13.8. The predicted octanol–water partition coefficient (Wildman–Crippen LogP) is 5.20. The van der Waals surface area contributed by atoms with E-state index in [1.165, 1.54) is 16.9 Å². The lowest BCUT2D eigenvalue weighted by Gasteiger charge is -2.13. The van der Waals surface area contributed by atoms with Gasteiger partial charge in [0.2, 0.25) is 0 Å². The average Bonchev–Trinajstić information content (AvgIpc) is 2.99. The van der Waals surface area contributed by atoms with Crippen LogP contribution in [0.5, 0.6) is 0 Å². The summed E-state index contributed by atoms with van der Waals surface area (Å²) in [6.45, 7) is 5.69. The van der Waals surface area contributed by atoms with Crippen LogP contribution in [0.4, 0.5) is 8.78 Å². The second-order valence-corrected chi connectivity index (χ2v) is 7.18. The third kappa shape index (κ3) is 3.80. The van der Waals surface area contributed by atoms with Gasteiger partial charge in [-0.3, -0.25) is 4.79 Å². The summed E-state index contributed by atoms with van der Waals surface area (Å²) in [4.78, 5) is 17.8. The second kappa shape index (κ2) is 7.33. The highest BCUT2D eigenvalue weighted by atomic mass is 32.1. The van der Waals surface area contributed by atoms with Crippen LogP contribution >= 0.6 is 11.3 Å². The maximum Gasteiger partial charge on any atom is 0.254 e. The van der Waals surface area contributed by atoms with E-state index in [0.717, 1.165) is 39.3 Å². The molecule has 3 rings (SSSR count). The van der Waals surface area contributed by atoms with E-state index in [9.17, 15) is 13.6 Å². The normalized spacial score (nSPS) is 12.0. The molecule has 0 spiro atoms. The molecule has 134 valence electrons. The van der Waals surface area contributed by atoms with E-state index in [-0.39, 0.29) is 11.6 Å². The topological polar surface area (TPSA) is 42.0 Å². The molecule has 1 atom stereocenters. The lowest BCUT2D eigenvalue weighted by atomic mass is 10.1. The first-order chi connectivity index (χ1) is 12.3. The standard InChI is InChI=1S/C20H18F2N2OS/c1-11-4-6-14(7-5-11)20-24-13(3)18(26-20)12(2)23-19(25)16-10-15(21)8-9-17(16)22/h4-10,12H,1-3H3,(H,23,25). The number of aromatic nitrogens is 1. The van der Waals surface area contributed by atoms with Crippen LogP contribution in [-0.2, 0) is 0 Å². The van der Waals surface area contributed by atoms with Crippen LogP contribution in [0.15, 0.2) is 42.5 Å². The van der Waals surface area contributed by atoms with Crippen molar-refractivity contribution in [2.45, 2.75) is 26.8 Å². The Kier molecular flexibility index (Phi) is 5.13. The van der Waals surface area contributed by atoms with Crippen molar-refractivity contribution in [1.29, 1.82) is 0 Å². The summed E-state index contributed by atoms with van der Waals surface area (Å²) in [7, 11) is 0. The van der Waals surface area contributed by atoms with Crippen LogP contribution in [-0.4, -0.2) is 10.9 Å². The zero-order chi connectivity index (χ0) is 18.8. The molecule has 1 heterocycles. The minimum atomic E-state index is -0.752. The molecule has 1 aromatic heterocycles. The van der Waals surface area contributed by atoms with Crippen molar-refractivity contribution < 1.29 is 13.6 Å². The van der Waals surface area contributed by atoms with Crippen molar-refractivity contribution in [3.8, 4) is 10.6 Å².